The van der Waals surface area contributed by atoms with Crippen LogP contribution >= 0.6 is 0 Å². The second kappa shape index (κ2) is 11.1. The molecule has 0 atom stereocenters. The molecule has 0 radical (unpaired) electrons. The van der Waals surface area contributed by atoms with Crippen LogP contribution in [0.15, 0.2) is 72.8 Å². The van der Waals surface area contributed by atoms with Gasteiger partial charge in [0.05, 0.1) is 12.2 Å². The molecule has 3 aromatic carbocycles. The standard InChI is InChI=1S/C25H26FN3O3/c1-29(2)23-13-12-21(28-24(30)17-32-16-19-6-4-3-5-7-19)14-22(23)25(31)27-15-18-8-10-20(26)11-9-18/h3-14H,15-17H2,1-2H3,(H,27,31)(H,28,30). The van der Waals surface area contributed by atoms with Gasteiger partial charge in [0.15, 0.2) is 0 Å². The smallest absolute Gasteiger partial charge is 0.253 e. The fraction of sp³-hybridized carbons (Fsp3) is 0.200. The van der Waals surface area contributed by atoms with E-state index < -0.39 is 0 Å². The summed E-state index contributed by atoms with van der Waals surface area (Å²) < 4.78 is 18.5. The molecule has 0 heterocycles. The molecule has 2 amide bonds. The maximum absolute atomic E-state index is 13.1. The molecule has 0 unspecified atom stereocenters. The first-order chi connectivity index (χ1) is 15.4. The van der Waals surface area contributed by atoms with Crippen LogP contribution in [0.3, 0.4) is 0 Å². The van der Waals surface area contributed by atoms with Crippen molar-refractivity contribution >= 4 is 23.2 Å². The topological polar surface area (TPSA) is 70.7 Å². The van der Waals surface area contributed by atoms with Crippen LogP contribution in [0.2, 0.25) is 0 Å². The average Bonchev–Trinajstić information content (AvgIpc) is 2.79. The molecule has 7 heteroatoms. The highest BCUT2D eigenvalue weighted by Gasteiger charge is 2.15. The Labute approximate surface area is 187 Å². The van der Waals surface area contributed by atoms with Crippen molar-refractivity contribution in [3.8, 4) is 0 Å². The molecule has 0 aromatic heterocycles. The van der Waals surface area contributed by atoms with Crippen LogP contribution in [0.1, 0.15) is 21.5 Å². The van der Waals surface area contributed by atoms with Gasteiger partial charge in [0.1, 0.15) is 12.4 Å². The summed E-state index contributed by atoms with van der Waals surface area (Å²) in [4.78, 5) is 26.9. The van der Waals surface area contributed by atoms with Crippen molar-refractivity contribution in [2.24, 2.45) is 0 Å². The lowest BCUT2D eigenvalue weighted by Gasteiger charge is -2.18. The van der Waals surface area contributed by atoms with Gasteiger partial charge < -0.3 is 20.3 Å². The zero-order valence-corrected chi connectivity index (χ0v) is 18.1. The van der Waals surface area contributed by atoms with Gasteiger partial charge in [-0.15, -0.1) is 0 Å². The fourth-order valence-corrected chi connectivity index (χ4v) is 3.10. The summed E-state index contributed by atoms with van der Waals surface area (Å²) in [6, 6.07) is 20.7. The van der Waals surface area contributed by atoms with Crippen molar-refractivity contribution < 1.29 is 18.7 Å². The van der Waals surface area contributed by atoms with E-state index in [1.165, 1.54) is 12.1 Å². The number of halogens is 1. The number of anilines is 2. The summed E-state index contributed by atoms with van der Waals surface area (Å²) in [6.45, 7) is 0.497. The predicted octanol–water partition coefficient (Wildman–Crippen LogP) is 3.98. The molecule has 0 saturated carbocycles. The molecular formula is C25H26FN3O3. The third-order valence-electron chi connectivity index (χ3n) is 4.72. The lowest BCUT2D eigenvalue weighted by Crippen LogP contribution is -2.26. The number of hydrogen-bond acceptors (Lipinski definition) is 4. The van der Waals surface area contributed by atoms with Crippen LogP contribution in [-0.2, 0) is 22.7 Å². The zero-order chi connectivity index (χ0) is 22.9. The van der Waals surface area contributed by atoms with Gasteiger partial charge in [-0.05, 0) is 41.5 Å². The van der Waals surface area contributed by atoms with Gasteiger partial charge in [-0.25, -0.2) is 4.39 Å². The maximum atomic E-state index is 13.1. The highest BCUT2D eigenvalue weighted by atomic mass is 19.1. The highest BCUT2D eigenvalue weighted by Crippen LogP contribution is 2.23. The van der Waals surface area contributed by atoms with Crippen molar-refractivity contribution in [2.45, 2.75) is 13.2 Å². The Balaban J connectivity index is 1.62. The summed E-state index contributed by atoms with van der Waals surface area (Å²) >= 11 is 0. The van der Waals surface area contributed by atoms with E-state index >= 15 is 0 Å². The number of rotatable bonds is 9. The molecule has 0 saturated heterocycles. The average molecular weight is 435 g/mol. The Morgan fingerprint density at radius 1 is 0.938 bits per heavy atom. The quantitative estimate of drug-likeness (QED) is 0.534. The van der Waals surface area contributed by atoms with Gasteiger partial charge in [0.25, 0.3) is 5.91 Å². The van der Waals surface area contributed by atoms with Crippen molar-refractivity contribution in [3.63, 3.8) is 0 Å². The highest BCUT2D eigenvalue weighted by molar-refractivity contribution is 6.02. The Morgan fingerprint density at radius 2 is 1.66 bits per heavy atom. The third kappa shape index (κ3) is 6.65. The van der Waals surface area contributed by atoms with E-state index in [-0.39, 0.29) is 30.8 Å². The molecule has 0 aliphatic carbocycles. The summed E-state index contributed by atoms with van der Waals surface area (Å²) in [5, 5.41) is 5.60. The van der Waals surface area contributed by atoms with Crippen molar-refractivity contribution in [2.75, 3.05) is 30.9 Å². The number of nitrogens with zero attached hydrogens (tertiary/aromatic N) is 1. The normalized spacial score (nSPS) is 10.5. The van der Waals surface area contributed by atoms with Gasteiger partial charge in [0, 0.05) is 32.0 Å². The van der Waals surface area contributed by atoms with Crippen molar-refractivity contribution in [1.29, 1.82) is 0 Å². The van der Waals surface area contributed by atoms with E-state index in [4.69, 9.17) is 4.74 Å². The molecule has 0 aliphatic rings. The Hall–Kier alpha value is -3.71. The number of nitrogens with one attached hydrogen (secondary N) is 2. The minimum absolute atomic E-state index is 0.101. The summed E-state index contributed by atoms with van der Waals surface area (Å²) in [7, 11) is 3.67. The monoisotopic (exact) mass is 435 g/mol. The van der Waals surface area contributed by atoms with Gasteiger partial charge in [0.2, 0.25) is 5.91 Å². The van der Waals surface area contributed by atoms with Crippen LogP contribution in [0, 0.1) is 5.82 Å². The number of benzene rings is 3. The minimum atomic E-state index is -0.328. The Kier molecular flexibility index (Phi) is 7.94. The summed E-state index contributed by atoms with van der Waals surface area (Å²) in [5.74, 6) is -0.934. The van der Waals surface area contributed by atoms with Crippen molar-refractivity contribution in [1.82, 2.24) is 5.32 Å². The van der Waals surface area contributed by atoms with Crippen molar-refractivity contribution in [3.05, 3.63) is 95.3 Å². The van der Waals surface area contributed by atoms with E-state index in [9.17, 15) is 14.0 Å². The van der Waals surface area contributed by atoms with Gasteiger partial charge in [-0.1, -0.05) is 42.5 Å². The maximum Gasteiger partial charge on any atom is 0.253 e. The molecule has 6 nitrogen and oxygen atoms in total. The molecule has 0 fully saturated rings. The van der Waals surface area contributed by atoms with Gasteiger partial charge in [-0.2, -0.15) is 0 Å². The van der Waals surface area contributed by atoms with E-state index in [1.54, 1.807) is 30.3 Å². The number of carbonyl (C=O) groups excluding carboxylic acids is 2. The molecule has 3 aromatic rings. The molecule has 2 N–H and O–H groups in total. The number of amides is 2. The molecule has 0 aliphatic heterocycles. The largest absolute Gasteiger partial charge is 0.377 e. The second-order valence-corrected chi connectivity index (χ2v) is 7.46. The fourth-order valence-electron chi connectivity index (χ4n) is 3.10. The van der Waals surface area contributed by atoms with Crippen LogP contribution in [0.5, 0.6) is 0 Å². The lowest BCUT2D eigenvalue weighted by atomic mass is 10.1. The number of ether oxygens (including phenoxy) is 1. The SMILES string of the molecule is CN(C)c1ccc(NC(=O)COCc2ccccc2)cc1C(=O)NCc1ccc(F)cc1. The first-order valence-corrected chi connectivity index (χ1v) is 10.2. The molecule has 0 bridgehead atoms. The van der Waals surface area contributed by atoms with E-state index in [0.29, 0.717) is 23.5 Å². The van der Waals surface area contributed by atoms with E-state index in [1.807, 2.05) is 49.3 Å². The van der Waals surface area contributed by atoms with E-state index in [0.717, 1.165) is 11.1 Å². The van der Waals surface area contributed by atoms with Crippen LogP contribution < -0.4 is 15.5 Å². The predicted molar refractivity (Wildman–Crippen MR) is 123 cm³/mol. The minimum Gasteiger partial charge on any atom is -0.377 e. The number of carbonyl (C=O) groups is 2. The van der Waals surface area contributed by atoms with Crippen LogP contribution in [-0.4, -0.2) is 32.5 Å². The first-order valence-electron chi connectivity index (χ1n) is 10.2. The van der Waals surface area contributed by atoms with Crippen LogP contribution in [0.4, 0.5) is 15.8 Å². The second-order valence-electron chi connectivity index (χ2n) is 7.46. The van der Waals surface area contributed by atoms with E-state index in [2.05, 4.69) is 10.6 Å². The third-order valence-corrected chi connectivity index (χ3v) is 4.72. The lowest BCUT2D eigenvalue weighted by molar-refractivity contribution is -0.121. The molecule has 0 spiro atoms. The first kappa shape index (κ1) is 23.0. The van der Waals surface area contributed by atoms with Gasteiger partial charge >= 0.3 is 0 Å². The summed E-state index contributed by atoms with van der Waals surface area (Å²) in [5.41, 5.74) is 3.39. The van der Waals surface area contributed by atoms with Crippen LogP contribution in [0.25, 0.3) is 0 Å². The Bertz CT molecular complexity index is 1050. The van der Waals surface area contributed by atoms with Gasteiger partial charge in [-0.3, -0.25) is 9.59 Å². The zero-order valence-electron chi connectivity index (χ0n) is 18.1. The Morgan fingerprint density at radius 3 is 2.34 bits per heavy atom. The molecule has 32 heavy (non-hydrogen) atoms. The molecular weight excluding hydrogens is 409 g/mol. The number of hydrogen-bond donors (Lipinski definition) is 2. The summed E-state index contributed by atoms with van der Waals surface area (Å²) in [6.07, 6.45) is 0. The molecule has 3 rings (SSSR count). The molecule has 166 valence electrons.